The average molecular weight is 237 g/mol. The van der Waals surface area contributed by atoms with Crippen LogP contribution in [0.1, 0.15) is 37.0 Å². The van der Waals surface area contributed by atoms with E-state index in [0.717, 1.165) is 31.1 Å². The summed E-state index contributed by atoms with van der Waals surface area (Å²) in [4.78, 5) is 10.9. The molecule has 1 aromatic heterocycles. The van der Waals surface area contributed by atoms with Gasteiger partial charge in [0.05, 0.1) is 5.92 Å². The zero-order valence-corrected chi connectivity index (χ0v) is 9.50. The molecule has 3 heterocycles. The van der Waals surface area contributed by atoms with Gasteiger partial charge in [-0.25, -0.2) is 0 Å². The van der Waals surface area contributed by atoms with Crippen molar-refractivity contribution < 1.29 is 14.6 Å². The predicted octanol–water partition coefficient (Wildman–Crippen LogP) is 0.777. The fourth-order valence-electron chi connectivity index (χ4n) is 2.58. The van der Waals surface area contributed by atoms with Gasteiger partial charge in [-0.15, -0.1) is 10.2 Å². The lowest BCUT2D eigenvalue weighted by atomic mass is 9.98. The zero-order valence-electron chi connectivity index (χ0n) is 9.50. The molecule has 2 unspecified atom stereocenters. The molecule has 0 aliphatic carbocycles. The van der Waals surface area contributed by atoms with E-state index in [4.69, 9.17) is 9.84 Å². The van der Waals surface area contributed by atoms with Gasteiger partial charge in [0.1, 0.15) is 11.9 Å². The van der Waals surface area contributed by atoms with Crippen molar-refractivity contribution >= 4 is 5.97 Å². The summed E-state index contributed by atoms with van der Waals surface area (Å²) >= 11 is 0. The van der Waals surface area contributed by atoms with Gasteiger partial charge in [-0.3, -0.25) is 4.79 Å². The van der Waals surface area contributed by atoms with Crippen molar-refractivity contribution in [1.29, 1.82) is 0 Å². The van der Waals surface area contributed by atoms with Crippen LogP contribution < -0.4 is 0 Å². The molecule has 6 heteroatoms. The molecule has 92 valence electrons. The second-order valence-electron chi connectivity index (χ2n) is 4.66. The Morgan fingerprint density at radius 1 is 1.41 bits per heavy atom. The van der Waals surface area contributed by atoms with Gasteiger partial charge in [-0.1, -0.05) is 0 Å². The molecule has 1 aromatic rings. The van der Waals surface area contributed by atoms with Crippen molar-refractivity contribution in [3.05, 3.63) is 11.6 Å². The summed E-state index contributed by atoms with van der Waals surface area (Å²) in [5.74, 6) is 0.609. The number of aromatic nitrogens is 3. The highest BCUT2D eigenvalue weighted by Crippen LogP contribution is 2.30. The van der Waals surface area contributed by atoms with E-state index in [9.17, 15) is 4.79 Å². The van der Waals surface area contributed by atoms with Crippen LogP contribution in [0.2, 0.25) is 0 Å². The van der Waals surface area contributed by atoms with Crippen molar-refractivity contribution in [2.45, 2.75) is 38.3 Å². The standard InChI is InChI=1S/C11H15N3O3/c15-11(16)7-3-4-14-9(6-7)12-13-10(14)8-2-1-5-17-8/h7-8H,1-6H2,(H,15,16). The maximum Gasteiger partial charge on any atom is 0.307 e. The van der Waals surface area contributed by atoms with Gasteiger partial charge in [0.15, 0.2) is 5.82 Å². The maximum atomic E-state index is 10.9. The summed E-state index contributed by atoms with van der Waals surface area (Å²) < 4.78 is 7.64. The summed E-state index contributed by atoms with van der Waals surface area (Å²) in [5, 5.41) is 17.3. The Bertz CT molecular complexity index is 437. The number of rotatable bonds is 2. The second-order valence-corrected chi connectivity index (χ2v) is 4.66. The minimum atomic E-state index is -0.738. The first-order valence-electron chi connectivity index (χ1n) is 6.02. The van der Waals surface area contributed by atoms with Crippen LogP contribution in [-0.2, 0) is 22.5 Å². The van der Waals surface area contributed by atoms with E-state index in [0.29, 0.717) is 19.4 Å². The van der Waals surface area contributed by atoms with Gasteiger partial charge >= 0.3 is 5.97 Å². The van der Waals surface area contributed by atoms with Crippen LogP contribution in [0.3, 0.4) is 0 Å². The molecule has 6 nitrogen and oxygen atoms in total. The molecule has 1 saturated heterocycles. The lowest BCUT2D eigenvalue weighted by Crippen LogP contribution is -2.27. The van der Waals surface area contributed by atoms with Gasteiger partial charge < -0.3 is 14.4 Å². The molecule has 0 saturated carbocycles. The molecule has 17 heavy (non-hydrogen) atoms. The van der Waals surface area contributed by atoms with Crippen molar-refractivity contribution in [3.8, 4) is 0 Å². The third-order valence-electron chi connectivity index (χ3n) is 3.55. The number of nitrogens with zero attached hydrogens (tertiary/aromatic N) is 3. The summed E-state index contributed by atoms with van der Waals surface area (Å²) in [6.07, 6.45) is 3.23. The minimum absolute atomic E-state index is 0.0534. The van der Waals surface area contributed by atoms with Crippen LogP contribution in [-0.4, -0.2) is 32.4 Å². The Morgan fingerprint density at radius 3 is 3.00 bits per heavy atom. The molecule has 2 atom stereocenters. The molecule has 0 spiro atoms. The number of carboxylic acids is 1. The molecule has 0 aromatic carbocycles. The van der Waals surface area contributed by atoms with E-state index < -0.39 is 5.97 Å². The Balaban J connectivity index is 1.84. The normalized spacial score (nSPS) is 28.0. The molecular weight excluding hydrogens is 222 g/mol. The summed E-state index contributed by atoms with van der Waals surface area (Å²) in [6, 6.07) is 0. The summed E-state index contributed by atoms with van der Waals surface area (Å²) in [5.41, 5.74) is 0. The molecule has 2 aliphatic heterocycles. The first kappa shape index (κ1) is 10.7. The Labute approximate surface area is 98.6 Å². The van der Waals surface area contributed by atoms with Crippen molar-refractivity contribution in [2.24, 2.45) is 5.92 Å². The Kier molecular flexibility index (Phi) is 2.58. The van der Waals surface area contributed by atoms with Crippen LogP contribution in [0.5, 0.6) is 0 Å². The zero-order chi connectivity index (χ0) is 11.8. The van der Waals surface area contributed by atoms with Gasteiger partial charge in [0.2, 0.25) is 0 Å². The van der Waals surface area contributed by atoms with E-state index in [2.05, 4.69) is 10.2 Å². The quantitative estimate of drug-likeness (QED) is 0.822. The van der Waals surface area contributed by atoms with Crippen LogP contribution in [0, 0.1) is 5.92 Å². The monoisotopic (exact) mass is 237 g/mol. The number of hydrogen-bond donors (Lipinski definition) is 1. The highest BCUT2D eigenvalue weighted by atomic mass is 16.5. The highest BCUT2D eigenvalue weighted by molar-refractivity contribution is 5.70. The highest BCUT2D eigenvalue weighted by Gasteiger charge is 2.31. The topological polar surface area (TPSA) is 77.2 Å². The van der Waals surface area contributed by atoms with Crippen LogP contribution in [0.4, 0.5) is 0 Å². The van der Waals surface area contributed by atoms with Crippen LogP contribution in [0.25, 0.3) is 0 Å². The fraction of sp³-hybridized carbons (Fsp3) is 0.727. The molecule has 0 bridgehead atoms. The minimum Gasteiger partial charge on any atom is -0.481 e. The Morgan fingerprint density at radius 2 is 2.29 bits per heavy atom. The third-order valence-corrected chi connectivity index (χ3v) is 3.55. The summed E-state index contributed by atoms with van der Waals surface area (Å²) in [6.45, 7) is 1.47. The predicted molar refractivity (Wildman–Crippen MR) is 57.4 cm³/mol. The third kappa shape index (κ3) is 1.82. The van der Waals surface area contributed by atoms with Crippen LogP contribution in [0.15, 0.2) is 0 Å². The van der Waals surface area contributed by atoms with Crippen molar-refractivity contribution in [3.63, 3.8) is 0 Å². The van der Waals surface area contributed by atoms with E-state index in [1.54, 1.807) is 0 Å². The maximum absolute atomic E-state index is 10.9. The molecule has 0 amide bonds. The van der Waals surface area contributed by atoms with Crippen molar-refractivity contribution in [1.82, 2.24) is 14.8 Å². The van der Waals surface area contributed by atoms with Gasteiger partial charge in [-0.2, -0.15) is 0 Å². The number of fused-ring (bicyclic) bond motifs is 1. The summed E-state index contributed by atoms with van der Waals surface area (Å²) in [7, 11) is 0. The number of carboxylic acid groups (broad SMARTS) is 1. The lowest BCUT2D eigenvalue weighted by molar-refractivity contribution is -0.142. The molecule has 3 rings (SSSR count). The average Bonchev–Trinajstić information content (AvgIpc) is 2.96. The molecule has 2 aliphatic rings. The molecular formula is C11H15N3O3. The first-order valence-corrected chi connectivity index (χ1v) is 6.02. The fourth-order valence-corrected chi connectivity index (χ4v) is 2.58. The molecule has 0 radical (unpaired) electrons. The van der Waals surface area contributed by atoms with Gasteiger partial charge in [0, 0.05) is 19.6 Å². The number of aliphatic carboxylic acids is 1. The van der Waals surface area contributed by atoms with E-state index in [1.807, 2.05) is 4.57 Å². The van der Waals surface area contributed by atoms with Gasteiger partial charge in [0.25, 0.3) is 0 Å². The number of ether oxygens (including phenoxy) is 1. The van der Waals surface area contributed by atoms with E-state index in [-0.39, 0.29) is 12.0 Å². The van der Waals surface area contributed by atoms with E-state index in [1.165, 1.54) is 0 Å². The second kappa shape index (κ2) is 4.10. The lowest BCUT2D eigenvalue weighted by Gasteiger charge is -2.21. The smallest absolute Gasteiger partial charge is 0.307 e. The first-order chi connectivity index (χ1) is 8.25. The molecule has 1 fully saturated rings. The number of carbonyl (C=O) groups is 1. The van der Waals surface area contributed by atoms with E-state index >= 15 is 0 Å². The Hall–Kier alpha value is -1.43. The number of hydrogen-bond acceptors (Lipinski definition) is 4. The SMILES string of the molecule is O=C(O)C1CCn2c(nnc2C2CCCO2)C1. The van der Waals surface area contributed by atoms with Gasteiger partial charge in [-0.05, 0) is 19.3 Å². The van der Waals surface area contributed by atoms with Crippen molar-refractivity contribution in [2.75, 3.05) is 6.61 Å². The molecule has 1 N–H and O–H groups in total. The largest absolute Gasteiger partial charge is 0.481 e. The van der Waals surface area contributed by atoms with Crippen LogP contribution >= 0.6 is 0 Å².